The molecule has 1 aliphatic heterocycles. The summed E-state index contributed by atoms with van der Waals surface area (Å²) in [6.45, 7) is 2.05. The molecule has 0 saturated carbocycles. The minimum Gasteiger partial charge on any atom is -0.337 e. The standard InChI is InChI=1S/C21H21N7O/c29-20(18-15-28-11-4-8-24-21(28)25-18)27-10-3-5-16(13-27)19-23-9-12-26(19)14-17-6-1-2-7-22-17/h1-2,4,6-9,11-12,15-16H,3,5,10,13-14H2/t16-/m0/s1. The average Bonchev–Trinajstić information content (AvgIpc) is 3.41. The molecule has 1 aliphatic rings. The van der Waals surface area contributed by atoms with Gasteiger partial charge in [0.15, 0.2) is 0 Å². The molecule has 29 heavy (non-hydrogen) atoms. The van der Waals surface area contributed by atoms with Crippen LogP contribution in [0.2, 0.25) is 0 Å². The predicted octanol–water partition coefficient (Wildman–Crippen LogP) is 2.39. The number of amides is 1. The van der Waals surface area contributed by atoms with E-state index in [0.29, 0.717) is 24.6 Å². The van der Waals surface area contributed by atoms with E-state index < -0.39 is 0 Å². The summed E-state index contributed by atoms with van der Waals surface area (Å²) in [4.78, 5) is 32.5. The molecule has 8 heteroatoms. The van der Waals surface area contributed by atoms with Crippen LogP contribution in [0.1, 0.15) is 40.8 Å². The van der Waals surface area contributed by atoms with Crippen molar-refractivity contribution in [1.29, 1.82) is 0 Å². The third-order valence-corrected chi connectivity index (χ3v) is 5.33. The Morgan fingerprint density at radius 3 is 2.86 bits per heavy atom. The number of rotatable bonds is 4. The summed E-state index contributed by atoms with van der Waals surface area (Å²) in [5, 5.41) is 0. The van der Waals surface area contributed by atoms with Crippen LogP contribution in [0, 0.1) is 0 Å². The van der Waals surface area contributed by atoms with Gasteiger partial charge in [0.1, 0.15) is 11.5 Å². The summed E-state index contributed by atoms with van der Waals surface area (Å²) in [5.41, 5.74) is 1.42. The lowest BCUT2D eigenvalue weighted by Gasteiger charge is -2.32. The fourth-order valence-corrected chi connectivity index (χ4v) is 3.95. The molecular weight excluding hydrogens is 366 g/mol. The molecular formula is C21H21N7O. The highest BCUT2D eigenvalue weighted by atomic mass is 16.2. The van der Waals surface area contributed by atoms with Crippen LogP contribution in [0.4, 0.5) is 0 Å². The number of fused-ring (bicyclic) bond motifs is 1. The Kier molecular flexibility index (Phi) is 4.51. The number of pyridine rings is 1. The molecule has 5 heterocycles. The van der Waals surface area contributed by atoms with Gasteiger partial charge in [-0.15, -0.1) is 0 Å². The van der Waals surface area contributed by atoms with Crippen LogP contribution in [-0.4, -0.2) is 52.8 Å². The second kappa shape index (κ2) is 7.46. The second-order valence-corrected chi connectivity index (χ2v) is 7.28. The molecule has 5 rings (SSSR count). The van der Waals surface area contributed by atoms with Crippen molar-refractivity contribution in [3.63, 3.8) is 0 Å². The molecule has 1 atom stereocenters. The van der Waals surface area contributed by atoms with Gasteiger partial charge in [-0.25, -0.2) is 15.0 Å². The maximum Gasteiger partial charge on any atom is 0.274 e. The second-order valence-electron chi connectivity index (χ2n) is 7.28. The van der Waals surface area contributed by atoms with Crippen molar-refractivity contribution < 1.29 is 4.79 Å². The first-order valence-electron chi connectivity index (χ1n) is 9.78. The Hall–Kier alpha value is -3.55. The zero-order chi connectivity index (χ0) is 19.6. The van der Waals surface area contributed by atoms with Gasteiger partial charge in [-0.05, 0) is 31.0 Å². The van der Waals surface area contributed by atoms with Gasteiger partial charge in [0.25, 0.3) is 5.91 Å². The molecule has 0 radical (unpaired) electrons. The number of hydrogen-bond acceptors (Lipinski definition) is 5. The maximum absolute atomic E-state index is 13.0. The molecule has 4 aromatic heterocycles. The van der Waals surface area contributed by atoms with Crippen molar-refractivity contribution in [2.24, 2.45) is 0 Å². The number of carbonyl (C=O) groups is 1. The molecule has 1 fully saturated rings. The van der Waals surface area contributed by atoms with Crippen LogP contribution in [-0.2, 0) is 6.54 Å². The third kappa shape index (κ3) is 3.49. The lowest BCUT2D eigenvalue weighted by Crippen LogP contribution is -2.40. The van der Waals surface area contributed by atoms with E-state index in [1.54, 1.807) is 23.0 Å². The number of imidazole rings is 2. The van der Waals surface area contributed by atoms with Crippen molar-refractivity contribution in [2.45, 2.75) is 25.3 Å². The van der Waals surface area contributed by atoms with E-state index in [-0.39, 0.29) is 11.8 Å². The van der Waals surface area contributed by atoms with Crippen molar-refractivity contribution >= 4 is 11.7 Å². The van der Waals surface area contributed by atoms with E-state index in [9.17, 15) is 4.79 Å². The van der Waals surface area contributed by atoms with Gasteiger partial charge >= 0.3 is 0 Å². The number of nitrogens with zero attached hydrogens (tertiary/aromatic N) is 7. The van der Waals surface area contributed by atoms with Crippen LogP contribution in [0.25, 0.3) is 5.78 Å². The van der Waals surface area contributed by atoms with E-state index in [1.807, 2.05) is 47.8 Å². The Morgan fingerprint density at radius 2 is 2.00 bits per heavy atom. The van der Waals surface area contributed by atoms with Crippen LogP contribution in [0.15, 0.2) is 61.4 Å². The fourth-order valence-electron chi connectivity index (χ4n) is 3.95. The monoisotopic (exact) mass is 387 g/mol. The molecule has 0 aliphatic carbocycles. The van der Waals surface area contributed by atoms with Crippen LogP contribution in [0.5, 0.6) is 0 Å². The summed E-state index contributed by atoms with van der Waals surface area (Å²) in [6, 6.07) is 7.74. The van der Waals surface area contributed by atoms with E-state index in [0.717, 1.165) is 30.9 Å². The minimum atomic E-state index is -0.0527. The number of piperidine rings is 1. The number of carbonyl (C=O) groups excluding carboxylic acids is 1. The summed E-state index contributed by atoms with van der Waals surface area (Å²) in [6.07, 6.45) is 12.8. The maximum atomic E-state index is 13.0. The summed E-state index contributed by atoms with van der Waals surface area (Å²) < 4.78 is 3.91. The van der Waals surface area contributed by atoms with E-state index in [2.05, 4.69) is 24.5 Å². The highest BCUT2D eigenvalue weighted by molar-refractivity contribution is 5.92. The lowest BCUT2D eigenvalue weighted by atomic mass is 9.96. The molecule has 0 unspecified atom stereocenters. The molecule has 146 valence electrons. The van der Waals surface area contributed by atoms with Crippen molar-refractivity contribution in [2.75, 3.05) is 13.1 Å². The smallest absolute Gasteiger partial charge is 0.274 e. The molecule has 0 spiro atoms. The predicted molar refractivity (Wildman–Crippen MR) is 106 cm³/mol. The van der Waals surface area contributed by atoms with Crippen LogP contribution < -0.4 is 0 Å². The topological polar surface area (TPSA) is 81.2 Å². The first-order chi connectivity index (χ1) is 14.3. The number of hydrogen-bond donors (Lipinski definition) is 0. The van der Waals surface area contributed by atoms with Crippen molar-refractivity contribution in [3.8, 4) is 0 Å². The molecule has 1 saturated heterocycles. The Labute approximate surface area is 167 Å². The molecule has 4 aromatic rings. The molecule has 1 amide bonds. The fraction of sp³-hybridized carbons (Fsp3) is 0.286. The van der Waals surface area contributed by atoms with E-state index in [4.69, 9.17) is 0 Å². The van der Waals surface area contributed by atoms with Gasteiger partial charge < -0.3 is 9.47 Å². The SMILES string of the molecule is O=C(c1cn2cccnc2n1)N1CCC[C@H](c2nccn2Cc2ccccn2)C1. The lowest BCUT2D eigenvalue weighted by molar-refractivity contribution is 0.0698. The molecule has 0 aromatic carbocycles. The van der Waals surface area contributed by atoms with Crippen LogP contribution >= 0.6 is 0 Å². The van der Waals surface area contributed by atoms with Crippen molar-refractivity contribution in [3.05, 3.63) is 78.7 Å². The summed E-state index contributed by atoms with van der Waals surface area (Å²) in [5.74, 6) is 1.68. The van der Waals surface area contributed by atoms with Gasteiger partial charge in [-0.1, -0.05) is 6.07 Å². The van der Waals surface area contributed by atoms with Crippen molar-refractivity contribution in [1.82, 2.24) is 33.8 Å². The highest BCUT2D eigenvalue weighted by Gasteiger charge is 2.29. The Bertz CT molecular complexity index is 1100. The van der Waals surface area contributed by atoms with Gasteiger partial charge in [-0.3, -0.25) is 14.2 Å². The van der Waals surface area contributed by atoms with Crippen LogP contribution in [0.3, 0.4) is 0 Å². The molecule has 8 nitrogen and oxygen atoms in total. The first-order valence-corrected chi connectivity index (χ1v) is 9.78. The van der Waals surface area contributed by atoms with E-state index >= 15 is 0 Å². The van der Waals surface area contributed by atoms with Gasteiger partial charge in [0, 0.05) is 56.2 Å². The molecule has 0 bridgehead atoms. The minimum absolute atomic E-state index is 0.0527. The number of aromatic nitrogens is 6. The van der Waals surface area contributed by atoms with Gasteiger partial charge in [-0.2, -0.15) is 0 Å². The first kappa shape index (κ1) is 17.5. The normalized spacial score (nSPS) is 17.0. The third-order valence-electron chi connectivity index (χ3n) is 5.33. The summed E-state index contributed by atoms with van der Waals surface area (Å²) >= 11 is 0. The van der Waals surface area contributed by atoms with Gasteiger partial charge in [0.2, 0.25) is 5.78 Å². The quantitative estimate of drug-likeness (QED) is 0.537. The largest absolute Gasteiger partial charge is 0.337 e. The van der Waals surface area contributed by atoms with E-state index in [1.165, 1.54) is 0 Å². The average molecular weight is 387 g/mol. The number of likely N-dealkylation sites (tertiary alicyclic amines) is 1. The zero-order valence-electron chi connectivity index (χ0n) is 15.9. The molecule has 0 N–H and O–H groups in total. The summed E-state index contributed by atoms with van der Waals surface area (Å²) in [7, 11) is 0. The Balaban J connectivity index is 1.34. The van der Waals surface area contributed by atoms with Gasteiger partial charge in [0.05, 0.1) is 12.2 Å². The highest BCUT2D eigenvalue weighted by Crippen LogP contribution is 2.27. The zero-order valence-corrected chi connectivity index (χ0v) is 15.9. The Morgan fingerprint density at radius 1 is 1.07 bits per heavy atom.